The minimum absolute atomic E-state index is 0.251. The monoisotopic (exact) mass is 369 g/mol. The third-order valence-corrected chi connectivity index (χ3v) is 4.76. The fourth-order valence-corrected chi connectivity index (χ4v) is 3.56. The molecule has 0 radical (unpaired) electrons. The Kier molecular flexibility index (Phi) is 3.90. The number of nitrogens with zero attached hydrogens (tertiary/aromatic N) is 1. The maximum absolute atomic E-state index is 6.18. The summed E-state index contributed by atoms with van der Waals surface area (Å²) in [7, 11) is 0. The molecule has 1 aliphatic heterocycles. The Balaban J connectivity index is 1.73. The Bertz CT molecular complexity index is 1250. The van der Waals surface area contributed by atoms with Crippen molar-refractivity contribution in [3.63, 3.8) is 0 Å². The van der Waals surface area contributed by atoms with Crippen molar-refractivity contribution in [2.45, 2.75) is 13.8 Å². The molecule has 2 heterocycles. The predicted octanol–water partition coefficient (Wildman–Crippen LogP) is 5.68. The lowest BCUT2D eigenvalue weighted by molar-refractivity contribution is 0.174. The van der Waals surface area contributed by atoms with E-state index in [4.69, 9.17) is 18.9 Å². The molecule has 4 heteroatoms. The lowest BCUT2D eigenvalue weighted by atomic mass is 10.1. The van der Waals surface area contributed by atoms with Crippen LogP contribution >= 0.6 is 0 Å². The first kappa shape index (κ1) is 16.6. The summed E-state index contributed by atoms with van der Waals surface area (Å²) in [6.45, 7) is 4.42. The van der Waals surface area contributed by atoms with E-state index in [1.165, 1.54) is 11.1 Å². The number of fused-ring (bicyclic) bond motifs is 2. The minimum atomic E-state index is 0.251. The molecule has 4 nitrogen and oxygen atoms in total. The maximum Gasteiger partial charge on any atom is 0.231 e. The molecule has 4 aromatic rings. The Morgan fingerprint density at radius 1 is 0.786 bits per heavy atom. The van der Waals surface area contributed by atoms with Gasteiger partial charge in [-0.15, -0.1) is 0 Å². The summed E-state index contributed by atoms with van der Waals surface area (Å²) < 4.78 is 17.1. The van der Waals surface area contributed by atoms with E-state index in [0.717, 1.165) is 44.8 Å². The third-order valence-electron chi connectivity index (χ3n) is 4.76. The summed E-state index contributed by atoms with van der Waals surface area (Å²) in [5.74, 6) is 2.22. The zero-order valence-corrected chi connectivity index (χ0v) is 15.7. The molecule has 0 spiro atoms. The van der Waals surface area contributed by atoms with Crippen molar-refractivity contribution in [2.75, 3.05) is 6.79 Å². The molecule has 0 saturated carbocycles. The van der Waals surface area contributed by atoms with E-state index in [2.05, 4.69) is 32.0 Å². The van der Waals surface area contributed by atoms with Gasteiger partial charge in [-0.1, -0.05) is 18.2 Å². The normalized spacial score (nSPS) is 13.3. The fourth-order valence-electron chi connectivity index (χ4n) is 3.56. The average Bonchev–Trinajstić information content (AvgIpc) is 3.15. The van der Waals surface area contributed by atoms with E-state index in [0.29, 0.717) is 0 Å². The van der Waals surface area contributed by atoms with Gasteiger partial charge in [-0.2, -0.15) is 0 Å². The summed E-state index contributed by atoms with van der Waals surface area (Å²) in [5.41, 5.74) is 5.04. The number of rotatable bonds is 2. The van der Waals surface area contributed by atoms with Gasteiger partial charge in [0.25, 0.3) is 0 Å². The van der Waals surface area contributed by atoms with Crippen molar-refractivity contribution in [2.24, 2.45) is 4.99 Å². The van der Waals surface area contributed by atoms with Crippen molar-refractivity contribution in [3.8, 4) is 22.8 Å². The molecule has 0 N–H and O–H groups in total. The molecule has 1 aromatic heterocycles. The zero-order chi connectivity index (χ0) is 19.1. The molecule has 0 fully saturated rings. The van der Waals surface area contributed by atoms with E-state index in [9.17, 15) is 0 Å². The number of para-hydroxylation sites is 1. The van der Waals surface area contributed by atoms with Crippen molar-refractivity contribution >= 4 is 16.7 Å². The SMILES string of the molecule is Cc1cc(C)cc(N=c2cc(-c3ccc4c(c3)OCO4)oc3ccccc23)c1. The summed E-state index contributed by atoms with van der Waals surface area (Å²) in [4.78, 5) is 4.93. The van der Waals surface area contributed by atoms with Gasteiger partial charge in [0.05, 0.1) is 11.0 Å². The van der Waals surface area contributed by atoms with Crippen molar-refractivity contribution < 1.29 is 13.9 Å². The van der Waals surface area contributed by atoms with Crippen LogP contribution in [0, 0.1) is 13.8 Å². The summed E-state index contributed by atoms with van der Waals surface area (Å²) in [6, 6.07) is 22.1. The molecule has 0 unspecified atom stereocenters. The van der Waals surface area contributed by atoms with Gasteiger partial charge in [-0.05, 0) is 67.4 Å². The topological polar surface area (TPSA) is 44.0 Å². The van der Waals surface area contributed by atoms with E-state index >= 15 is 0 Å². The quantitative estimate of drug-likeness (QED) is 0.457. The largest absolute Gasteiger partial charge is 0.456 e. The molecule has 5 rings (SSSR count). The maximum atomic E-state index is 6.18. The van der Waals surface area contributed by atoms with Gasteiger partial charge in [0.15, 0.2) is 11.5 Å². The molecule has 3 aromatic carbocycles. The molecule has 0 saturated heterocycles. The van der Waals surface area contributed by atoms with Crippen LogP contribution in [0.25, 0.3) is 22.3 Å². The molecule has 1 aliphatic rings. The lowest BCUT2D eigenvalue weighted by Crippen LogP contribution is -2.03. The van der Waals surface area contributed by atoms with Crippen LogP contribution in [-0.4, -0.2) is 6.79 Å². The van der Waals surface area contributed by atoms with Crippen LogP contribution in [0.15, 0.2) is 76.1 Å². The van der Waals surface area contributed by atoms with Crippen LogP contribution in [-0.2, 0) is 0 Å². The second-order valence-corrected chi connectivity index (χ2v) is 7.02. The highest BCUT2D eigenvalue weighted by molar-refractivity contribution is 5.79. The zero-order valence-electron chi connectivity index (χ0n) is 15.7. The minimum Gasteiger partial charge on any atom is -0.456 e. The summed E-state index contributed by atoms with van der Waals surface area (Å²) >= 11 is 0. The van der Waals surface area contributed by atoms with Crippen molar-refractivity contribution in [3.05, 3.63) is 83.2 Å². The Hall–Kier alpha value is -3.53. The molecule has 0 bridgehead atoms. The van der Waals surface area contributed by atoms with Crippen molar-refractivity contribution in [1.29, 1.82) is 0 Å². The van der Waals surface area contributed by atoms with Gasteiger partial charge in [-0.3, -0.25) is 0 Å². The summed E-state index contributed by atoms with van der Waals surface area (Å²) in [5, 5.41) is 1.85. The second kappa shape index (κ2) is 6.57. The number of hydrogen-bond donors (Lipinski definition) is 0. The highest BCUT2D eigenvalue weighted by Gasteiger charge is 2.15. The summed E-state index contributed by atoms with van der Waals surface area (Å²) in [6.07, 6.45) is 0. The molecule has 138 valence electrons. The van der Waals surface area contributed by atoms with E-state index in [-0.39, 0.29) is 6.79 Å². The first-order valence-electron chi connectivity index (χ1n) is 9.22. The molecule has 0 atom stereocenters. The van der Waals surface area contributed by atoms with Gasteiger partial charge in [0.2, 0.25) is 6.79 Å². The highest BCUT2D eigenvalue weighted by atomic mass is 16.7. The van der Waals surface area contributed by atoms with Crippen LogP contribution in [0.5, 0.6) is 11.5 Å². The van der Waals surface area contributed by atoms with Gasteiger partial charge in [0, 0.05) is 17.0 Å². The second-order valence-electron chi connectivity index (χ2n) is 7.02. The average molecular weight is 369 g/mol. The van der Waals surface area contributed by atoms with Crippen molar-refractivity contribution in [1.82, 2.24) is 0 Å². The molecular formula is C24H19NO3. The highest BCUT2D eigenvalue weighted by Crippen LogP contribution is 2.36. The Labute approximate surface area is 162 Å². The van der Waals surface area contributed by atoms with Crippen LogP contribution in [0.4, 0.5) is 5.69 Å². The van der Waals surface area contributed by atoms with E-state index < -0.39 is 0 Å². The van der Waals surface area contributed by atoms with Crippen LogP contribution < -0.4 is 14.8 Å². The van der Waals surface area contributed by atoms with Crippen LogP contribution in [0.1, 0.15) is 11.1 Å². The van der Waals surface area contributed by atoms with E-state index in [1.807, 2.05) is 48.5 Å². The Morgan fingerprint density at radius 3 is 2.43 bits per heavy atom. The Morgan fingerprint density at radius 2 is 1.57 bits per heavy atom. The third kappa shape index (κ3) is 3.03. The van der Waals surface area contributed by atoms with Gasteiger partial charge in [-0.25, -0.2) is 4.99 Å². The number of aryl methyl sites for hydroxylation is 2. The first-order valence-corrected chi connectivity index (χ1v) is 9.22. The predicted molar refractivity (Wildman–Crippen MR) is 109 cm³/mol. The van der Waals surface area contributed by atoms with Gasteiger partial charge < -0.3 is 13.9 Å². The molecular weight excluding hydrogens is 350 g/mol. The fraction of sp³-hybridized carbons (Fsp3) is 0.125. The van der Waals surface area contributed by atoms with Gasteiger partial charge >= 0.3 is 0 Å². The first-order chi connectivity index (χ1) is 13.7. The molecule has 0 amide bonds. The number of hydrogen-bond acceptors (Lipinski definition) is 4. The van der Waals surface area contributed by atoms with Crippen LogP contribution in [0.3, 0.4) is 0 Å². The number of benzene rings is 3. The van der Waals surface area contributed by atoms with Crippen LogP contribution in [0.2, 0.25) is 0 Å². The standard InChI is InChI=1S/C24H19NO3/c1-15-9-16(2)11-18(10-15)25-20-13-23(28-21-6-4-3-5-19(20)21)17-7-8-22-24(12-17)27-14-26-22/h3-13H,14H2,1-2H3. The molecule has 0 aliphatic carbocycles. The lowest BCUT2D eigenvalue weighted by Gasteiger charge is -2.06. The van der Waals surface area contributed by atoms with Gasteiger partial charge in [0.1, 0.15) is 11.3 Å². The number of ether oxygens (including phenoxy) is 2. The van der Waals surface area contributed by atoms with E-state index in [1.54, 1.807) is 0 Å². The molecule has 28 heavy (non-hydrogen) atoms. The smallest absolute Gasteiger partial charge is 0.231 e.